The second-order valence-corrected chi connectivity index (χ2v) is 8.42. The molecule has 0 unspecified atom stereocenters. The molecule has 0 saturated heterocycles. The summed E-state index contributed by atoms with van der Waals surface area (Å²) in [4.78, 5) is 26.0. The molecule has 1 N–H and O–H groups in total. The Hall–Kier alpha value is -3.38. The first-order valence-corrected chi connectivity index (χ1v) is 10.9. The molecular formula is C25H25ClN4O2. The maximum atomic E-state index is 13.1. The van der Waals surface area contributed by atoms with Crippen molar-refractivity contribution in [2.24, 2.45) is 0 Å². The summed E-state index contributed by atoms with van der Waals surface area (Å²) in [6.07, 6.45) is 0.695. The first-order valence-electron chi connectivity index (χ1n) is 10.5. The Labute approximate surface area is 191 Å². The SMILES string of the molecule is CCc1cc(=O)n(CC(=O)Nc2cc(Cl)ccc2C)c2c1c(C)nn2-c1ccc(C)cc1. The van der Waals surface area contributed by atoms with Gasteiger partial charge in [-0.2, -0.15) is 5.10 Å². The van der Waals surface area contributed by atoms with Gasteiger partial charge in [0.2, 0.25) is 5.91 Å². The van der Waals surface area contributed by atoms with Gasteiger partial charge in [0.15, 0.2) is 0 Å². The monoisotopic (exact) mass is 448 g/mol. The number of halogens is 1. The van der Waals surface area contributed by atoms with Gasteiger partial charge in [0.25, 0.3) is 5.56 Å². The highest BCUT2D eigenvalue weighted by atomic mass is 35.5. The molecule has 7 heteroatoms. The number of hydrogen-bond acceptors (Lipinski definition) is 3. The van der Waals surface area contributed by atoms with E-state index in [1.807, 2.05) is 58.0 Å². The molecule has 0 fully saturated rings. The molecule has 0 aliphatic rings. The second-order valence-electron chi connectivity index (χ2n) is 7.99. The van der Waals surface area contributed by atoms with Crippen molar-refractivity contribution in [1.29, 1.82) is 0 Å². The average molecular weight is 449 g/mol. The molecule has 4 rings (SSSR count). The number of anilines is 1. The maximum Gasteiger partial charge on any atom is 0.252 e. The zero-order chi connectivity index (χ0) is 23.0. The third-order valence-electron chi connectivity index (χ3n) is 5.61. The Morgan fingerprint density at radius 1 is 1.06 bits per heavy atom. The minimum absolute atomic E-state index is 0.137. The summed E-state index contributed by atoms with van der Waals surface area (Å²) >= 11 is 6.08. The van der Waals surface area contributed by atoms with E-state index in [0.29, 0.717) is 22.8 Å². The highest BCUT2D eigenvalue weighted by molar-refractivity contribution is 6.31. The van der Waals surface area contributed by atoms with Gasteiger partial charge >= 0.3 is 0 Å². The highest BCUT2D eigenvalue weighted by Crippen LogP contribution is 2.25. The minimum atomic E-state index is -0.308. The normalized spacial score (nSPS) is 11.2. The average Bonchev–Trinajstić information content (AvgIpc) is 3.10. The van der Waals surface area contributed by atoms with Crippen molar-refractivity contribution in [3.05, 3.63) is 86.3 Å². The smallest absolute Gasteiger partial charge is 0.252 e. The van der Waals surface area contributed by atoms with E-state index in [9.17, 15) is 9.59 Å². The molecule has 0 radical (unpaired) electrons. The van der Waals surface area contributed by atoms with Crippen LogP contribution in [0.3, 0.4) is 0 Å². The number of rotatable bonds is 5. The zero-order valence-corrected chi connectivity index (χ0v) is 19.3. The highest BCUT2D eigenvalue weighted by Gasteiger charge is 2.20. The van der Waals surface area contributed by atoms with Crippen molar-refractivity contribution in [1.82, 2.24) is 14.3 Å². The number of hydrogen-bond donors (Lipinski definition) is 1. The third kappa shape index (κ3) is 4.06. The van der Waals surface area contributed by atoms with Crippen LogP contribution < -0.4 is 10.9 Å². The number of carbonyl (C=O) groups excluding carboxylic acids is 1. The van der Waals surface area contributed by atoms with Crippen LogP contribution in [0.25, 0.3) is 16.7 Å². The molecule has 2 aromatic heterocycles. The van der Waals surface area contributed by atoms with Crippen LogP contribution in [0.15, 0.2) is 53.3 Å². The molecule has 2 aromatic carbocycles. The van der Waals surface area contributed by atoms with Crippen molar-refractivity contribution < 1.29 is 4.79 Å². The summed E-state index contributed by atoms with van der Waals surface area (Å²) in [7, 11) is 0. The molecule has 1 amide bonds. The predicted molar refractivity (Wildman–Crippen MR) is 129 cm³/mol. The lowest BCUT2D eigenvalue weighted by Gasteiger charge is -2.14. The van der Waals surface area contributed by atoms with Crippen LogP contribution in [0, 0.1) is 20.8 Å². The van der Waals surface area contributed by atoms with Crippen LogP contribution in [0.2, 0.25) is 5.02 Å². The number of carbonyl (C=O) groups is 1. The molecule has 6 nitrogen and oxygen atoms in total. The number of benzene rings is 2. The second kappa shape index (κ2) is 8.63. The standard InChI is InChI=1S/C25H25ClN4O2/c1-5-18-12-23(32)29(14-22(31)27-21-13-19(26)9-8-16(21)3)25-24(18)17(4)28-30(25)20-10-6-15(2)7-11-20/h6-13H,5,14H2,1-4H3,(H,27,31). The van der Waals surface area contributed by atoms with Gasteiger partial charge in [-0.1, -0.05) is 42.3 Å². The lowest BCUT2D eigenvalue weighted by molar-refractivity contribution is -0.116. The van der Waals surface area contributed by atoms with Gasteiger partial charge in [0.05, 0.1) is 11.4 Å². The van der Waals surface area contributed by atoms with Gasteiger partial charge in [0, 0.05) is 22.2 Å². The van der Waals surface area contributed by atoms with Gasteiger partial charge in [-0.15, -0.1) is 0 Å². The van der Waals surface area contributed by atoms with Crippen molar-refractivity contribution in [2.45, 2.75) is 40.7 Å². The molecular weight excluding hydrogens is 424 g/mol. The van der Waals surface area contributed by atoms with Gasteiger partial charge in [-0.25, -0.2) is 4.68 Å². The first kappa shape index (κ1) is 21.8. The Kier molecular flexibility index (Phi) is 5.89. The van der Waals surface area contributed by atoms with Crippen LogP contribution >= 0.6 is 11.6 Å². The molecule has 2 heterocycles. The fourth-order valence-corrected chi connectivity index (χ4v) is 4.08. The van der Waals surface area contributed by atoms with Gasteiger partial charge in [-0.05, 0) is 62.6 Å². The summed E-state index contributed by atoms with van der Waals surface area (Å²) in [6.45, 7) is 7.71. The zero-order valence-electron chi connectivity index (χ0n) is 18.6. The number of aryl methyl sites for hydroxylation is 4. The molecule has 4 aromatic rings. The molecule has 0 atom stereocenters. The Bertz CT molecular complexity index is 1380. The van der Waals surface area contributed by atoms with E-state index >= 15 is 0 Å². The number of aromatic nitrogens is 3. The fraction of sp³-hybridized carbons (Fsp3) is 0.240. The predicted octanol–water partition coefficient (Wildman–Crippen LogP) is 4.97. The Morgan fingerprint density at radius 3 is 2.47 bits per heavy atom. The fourth-order valence-electron chi connectivity index (χ4n) is 3.90. The minimum Gasteiger partial charge on any atom is -0.324 e. The van der Waals surface area contributed by atoms with Gasteiger partial charge < -0.3 is 5.32 Å². The van der Waals surface area contributed by atoms with Crippen LogP contribution in [-0.4, -0.2) is 20.3 Å². The van der Waals surface area contributed by atoms with Crippen LogP contribution in [0.5, 0.6) is 0 Å². The lowest BCUT2D eigenvalue weighted by atomic mass is 10.1. The van der Waals surface area contributed by atoms with Crippen molar-refractivity contribution in [3.63, 3.8) is 0 Å². The molecule has 32 heavy (non-hydrogen) atoms. The largest absolute Gasteiger partial charge is 0.324 e. The molecule has 0 spiro atoms. The van der Waals surface area contributed by atoms with E-state index < -0.39 is 0 Å². The van der Waals surface area contributed by atoms with E-state index in [1.54, 1.807) is 22.9 Å². The van der Waals surface area contributed by atoms with E-state index in [-0.39, 0.29) is 18.0 Å². The van der Waals surface area contributed by atoms with Crippen molar-refractivity contribution >= 4 is 34.2 Å². The number of nitrogens with one attached hydrogen (secondary N) is 1. The van der Waals surface area contributed by atoms with E-state index in [2.05, 4.69) is 5.32 Å². The molecule has 0 aliphatic carbocycles. The van der Waals surface area contributed by atoms with Crippen LogP contribution in [0.1, 0.15) is 29.3 Å². The number of nitrogens with zero attached hydrogens (tertiary/aromatic N) is 3. The molecule has 0 bridgehead atoms. The van der Waals surface area contributed by atoms with Gasteiger partial charge in [-0.3, -0.25) is 14.2 Å². The summed E-state index contributed by atoms with van der Waals surface area (Å²) in [5.74, 6) is -0.308. The van der Waals surface area contributed by atoms with Crippen LogP contribution in [-0.2, 0) is 17.8 Å². The summed E-state index contributed by atoms with van der Waals surface area (Å²) in [6, 6.07) is 14.8. The summed E-state index contributed by atoms with van der Waals surface area (Å²) < 4.78 is 3.24. The Morgan fingerprint density at radius 2 is 1.78 bits per heavy atom. The van der Waals surface area contributed by atoms with Gasteiger partial charge in [0.1, 0.15) is 12.2 Å². The quantitative estimate of drug-likeness (QED) is 0.468. The van der Waals surface area contributed by atoms with Crippen molar-refractivity contribution in [2.75, 3.05) is 5.32 Å². The lowest BCUT2D eigenvalue weighted by Crippen LogP contribution is -2.29. The third-order valence-corrected chi connectivity index (χ3v) is 5.85. The summed E-state index contributed by atoms with van der Waals surface area (Å²) in [5, 5.41) is 9.04. The molecule has 0 saturated carbocycles. The van der Waals surface area contributed by atoms with E-state index in [0.717, 1.165) is 33.5 Å². The van der Waals surface area contributed by atoms with E-state index in [4.69, 9.17) is 16.7 Å². The number of amides is 1. The molecule has 164 valence electrons. The maximum absolute atomic E-state index is 13.1. The number of pyridine rings is 1. The number of fused-ring (bicyclic) bond motifs is 1. The van der Waals surface area contributed by atoms with Crippen LogP contribution in [0.4, 0.5) is 5.69 Å². The van der Waals surface area contributed by atoms with E-state index in [1.165, 1.54) is 4.57 Å². The van der Waals surface area contributed by atoms with Crippen molar-refractivity contribution in [3.8, 4) is 5.69 Å². The Balaban J connectivity index is 1.84. The summed E-state index contributed by atoms with van der Waals surface area (Å²) in [5.41, 5.74) is 5.60. The molecule has 0 aliphatic heterocycles. The topological polar surface area (TPSA) is 68.9 Å². The first-order chi connectivity index (χ1) is 15.3.